The number of hydrogen-bond acceptors (Lipinski definition) is 3. The van der Waals surface area contributed by atoms with Gasteiger partial charge in [0.25, 0.3) is 0 Å². The highest BCUT2D eigenvalue weighted by atomic mass is 35.5. The van der Waals surface area contributed by atoms with Crippen LogP contribution >= 0.6 is 11.6 Å². The summed E-state index contributed by atoms with van der Waals surface area (Å²) in [7, 11) is 1.74. The summed E-state index contributed by atoms with van der Waals surface area (Å²) in [4.78, 5) is 24.5. The standard InChI is InChI=1S/C14H11ClN2O2/c1-17-5-4-12(16-17)14(19)11-7-8-6-9(15)2-3-10(8)13(11)18/h2-6,11H,7H2,1H3. The van der Waals surface area contributed by atoms with Gasteiger partial charge in [0, 0.05) is 23.8 Å². The highest BCUT2D eigenvalue weighted by Gasteiger charge is 2.36. The number of benzene rings is 1. The molecule has 1 aliphatic rings. The molecule has 3 rings (SSSR count). The Bertz CT molecular complexity index is 691. The second kappa shape index (κ2) is 4.31. The Labute approximate surface area is 115 Å². The molecule has 0 bridgehead atoms. The summed E-state index contributed by atoms with van der Waals surface area (Å²) in [5.41, 5.74) is 1.77. The van der Waals surface area contributed by atoms with Gasteiger partial charge in [-0.15, -0.1) is 0 Å². The highest BCUT2D eigenvalue weighted by molar-refractivity contribution is 6.31. The second-order valence-electron chi connectivity index (χ2n) is 4.66. The number of carbonyl (C=O) groups is 2. The molecule has 0 N–H and O–H groups in total. The molecule has 19 heavy (non-hydrogen) atoms. The quantitative estimate of drug-likeness (QED) is 0.624. The molecule has 0 amide bonds. The van der Waals surface area contributed by atoms with Crippen LogP contribution in [0.1, 0.15) is 26.4 Å². The third kappa shape index (κ3) is 1.98. The number of Topliss-reactive ketones (excluding diaryl/α,β-unsaturated/α-hetero) is 2. The first-order valence-corrected chi connectivity index (χ1v) is 6.30. The molecule has 0 spiro atoms. The van der Waals surface area contributed by atoms with Gasteiger partial charge in [0.2, 0.25) is 0 Å². The molecule has 1 heterocycles. The third-order valence-electron chi connectivity index (χ3n) is 3.36. The lowest BCUT2D eigenvalue weighted by molar-refractivity contribution is 0.0818. The van der Waals surface area contributed by atoms with Crippen molar-refractivity contribution in [2.75, 3.05) is 0 Å². The van der Waals surface area contributed by atoms with E-state index in [9.17, 15) is 9.59 Å². The van der Waals surface area contributed by atoms with E-state index in [-0.39, 0.29) is 11.6 Å². The molecule has 1 unspecified atom stereocenters. The molecule has 2 aromatic rings. The van der Waals surface area contributed by atoms with Crippen molar-refractivity contribution in [2.24, 2.45) is 13.0 Å². The van der Waals surface area contributed by atoms with E-state index in [2.05, 4.69) is 5.10 Å². The summed E-state index contributed by atoms with van der Waals surface area (Å²) >= 11 is 5.91. The van der Waals surface area contributed by atoms with Gasteiger partial charge < -0.3 is 0 Å². The summed E-state index contributed by atoms with van der Waals surface area (Å²) < 4.78 is 1.55. The minimum absolute atomic E-state index is 0.137. The van der Waals surface area contributed by atoms with Crippen molar-refractivity contribution < 1.29 is 9.59 Å². The minimum atomic E-state index is -0.664. The maximum Gasteiger partial charge on any atom is 0.194 e. The van der Waals surface area contributed by atoms with Crippen LogP contribution in [-0.4, -0.2) is 21.3 Å². The van der Waals surface area contributed by atoms with Crippen LogP contribution in [0, 0.1) is 5.92 Å². The molecule has 0 aliphatic heterocycles. The molecule has 0 fully saturated rings. The molecule has 0 radical (unpaired) electrons. The smallest absolute Gasteiger partial charge is 0.194 e. The number of hydrogen-bond donors (Lipinski definition) is 0. The van der Waals surface area contributed by atoms with E-state index >= 15 is 0 Å². The zero-order chi connectivity index (χ0) is 13.6. The van der Waals surface area contributed by atoms with Gasteiger partial charge in [0.05, 0.1) is 5.92 Å². The lowest BCUT2D eigenvalue weighted by atomic mass is 9.97. The number of fused-ring (bicyclic) bond motifs is 1. The van der Waals surface area contributed by atoms with Gasteiger partial charge in [-0.1, -0.05) is 11.6 Å². The number of aromatic nitrogens is 2. The Morgan fingerprint density at radius 1 is 1.42 bits per heavy atom. The fourth-order valence-electron chi connectivity index (χ4n) is 2.41. The van der Waals surface area contributed by atoms with Gasteiger partial charge in [-0.25, -0.2) is 0 Å². The summed E-state index contributed by atoms with van der Waals surface area (Å²) in [5, 5.41) is 4.64. The molecule has 0 saturated carbocycles. The van der Waals surface area contributed by atoms with Gasteiger partial charge in [-0.2, -0.15) is 5.10 Å². The average molecular weight is 275 g/mol. The van der Waals surface area contributed by atoms with E-state index in [1.807, 2.05) is 0 Å². The molecule has 1 aromatic heterocycles. The first kappa shape index (κ1) is 12.1. The van der Waals surface area contributed by atoms with Crippen LogP contribution in [-0.2, 0) is 13.5 Å². The number of aryl methyl sites for hydroxylation is 1. The van der Waals surface area contributed by atoms with Gasteiger partial charge in [0.15, 0.2) is 11.6 Å². The molecule has 1 aromatic carbocycles. The Hall–Kier alpha value is -1.94. The number of nitrogens with zero attached hydrogens (tertiary/aromatic N) is 2. The summed E-state index contributed by atoms with van der Waals surface area (Å²) in [6.07, 6.45) is 2.10. The van der Waals surface area contributed by atoms with Gasteiger partial charge >= 0.3 is 0 Å². The topological polar surface area (TPSA) is 52.0 Å². The van der Waals surface area contributed by atoms with Crippen LogP contribution in [0.15, 0.2) is 30.5 Å². The summed E-state index contributed by atoms with van der Waals surface area (Å²) in [5.74, 6) is -1.02. The number of rotatable bonds is 2. The fourth-order valence-corrected chi connectivity index (χ4v) is 2.60. The van der Waals surface area contributed by atoms with Crippen molar-refractivity contribution in [2.45, 2.75) is 6.42 Å². The Kier molecular flexibility index (Phi) is 2.75. The molecule has 1 aliphatic carbocycles. The summed E-state index contributed by atoms with van der Waals surface area (Å²) in [6.45, 7) is 0. The van der Waals surface area contributed by atoms with Gasteiger partial charge in [-0.05, 0) is 36.2 Å². The predicted octanol–water partition coefficient (Wildman–Crippen LogP) is 2.31. The van der Waals surface area contributed by atoms with Gasteiger partial charge in [0.1, 0.15) is 5.69 Å². The van der Waals surface area contributed by atoms with Crippen LogP contribution in [0.5, 0.6) is 0 Å². The molecule has 4 nitrogen and oxygen atoms in total. The monoisotopic (exact) mass is 274 g/mol. The minimum Gasteiger partial charge on any atom is -0.293 e. The van der Waals surface area contributed by atoms with Gasteiger partial charge in [-0.3, -0.25) is 14.3 Å². The molecular weight excluding hydrogens is 264 g/mol. The second-order valence-corrected chi connectivity index (χ2v) is 5.10. The fraction of sp³-hybridized carbons (Fsp3) is 0.214. The third-order valence-corrected chi connectivity index (χ3v) is 3.59. The van der Waals surface area contributed by atoms with Crippen LogP contribution in [0.4, 0.5) is 0 Å². The zero-order valence-corrected chi connectivity index (χ0v) is 11.0. The molecule has 1 atom stereocenters. The molecule has 96 valence electrons. The van der Waals surface area contributed by atoms with Crippen molar-refractivity contribution >= 4 is 23.2 Å². The molecule has 5 heteroatoms. The first-order valence-electron chi connectivity index (χ1n) is 5.93. The van der Waals surface area contributed by atoms with E-state index in [0.717, 1.165) is 5.56 Å². The molecular formula is C14H11ClN2O2. The predicted molar refractivity (Wildman–Crippen MR) is 70.5 cm³/mol. The van der Waals surface area contributed by atoms with Crippen LogP contribution in [0.2, 0.25) is 5.02 Å². The van der Waals surface area contributed by atoms with E-state index in [1.54, 1.807) is 42.2 Å². The lowest BCUT2D eigenvalue weighted by Crippen LogP contribution is -2.21. The maximum absolute atomic E-state index is 12.3. The number of carbonyl (C=O) groups excluding carboxylic acids is 2. The Morgan fingerprint density at radius 2 is 2.21 bits per heavy atom. The summed E-state index contributed by atoms with van der Waals surface area (Å²) in [6, 6.07) is 6.74. The Balaban J connectivity index is 1.93. The van der Waals surface area contributed by atoms with Crippen LogP contribution < -0.4 is 0 Å². The number of halogens is 1. The van der Waals surface area contributed by atoms with E-state index < -0.39 is 5.92 Å². The van der Waals surface area contributed by atoms with Crippen molar-refractivity contribution in [3.63, 3.8) is 0 Å². The van der Waals surface area contributed by atoms with E-state index in [4.69, 9.17) is 11.6 Å². The van der Waals surface area contributed by atoms with E-state index in [1.165, 1.54) is 0 Å². The Morgan fingerprint density at radius 3 is 2.89 bits per heavy atom. The van der Waals surface area contributed by atoms with Crippen molar-refractivity contribution in [1.82, 2.24) is 9.78 Å². The van der Waals surface area contributed by atoms with Crippen LogP contribution in [0.3, 0.4) is 0 Å². The number of ketones is 2. The average Bonchev–Trinajstić information content (AvgIpc) is 2.93. The van der Waals surface area contributed by atoms with Crippen molar-refractivity contribution in [3.05, 3.63) is 52.3 Å². The SMILES string of the molecule is Cn1ccc(C(=O)C2Cc3cc(Cl)ccc3C2=O)n1. The normalized spacial score (nSPS) is 17.6. The largest absolute Gasteiger partial charge is 0.293 e. The lowest BCUT2D eigenvalue weighted by Gasteiger charge is -2.03. The highest BCUT2D eigenvalue weighted by Crippen LogP contribution is 2.30. The van der Waals surface area contributed by atoms with Crippen molar-refractivity contribution in [3.8, 4) is 0 Å². The zero-order valence-electron chi connectivity index (χ0n) is 10.3. The van der Waals surface area contributed by atoms with Crippen LogP contribution in [0.25, 0.3) is 0 Å². The van der Waals surface area contributed by atoms with E-state index in [0.29, 0.717) is 22.7 Å². The van der Waals surface area contributed by atoms with Crippen molar-refractivity contribution in [1.29, 1.82) is 0 Å². The first-order chi connectivity index (χ1) is 9.06. The molecule has 0 saturated heterocycles. The maximum atomic E-state index is 12.3.